The summed E-state index contributed by atoms with van der Waals surface area (Å²) in [6, 6.07) is 15.5. The average Bonchev–Trinajstić information content (AvgIpc) is 3.31. The predicted octanol–water partition coefficient (Wildman–Crippen LogP) is 3.08. The van der Waals surface area contributed by atoms with Gasteiger partial charge in [-0.3, -0.25) is 9.00 Å². The van der Waals surface area contributed by atoms with Crippen LogP contribution in [0, 0.1) is 0 Å². The van der Waals surface area contributed by atoms with Crippen LogP contribution in [0.5, 0.6) is 0 Å². The number of hydrogen-bond donors (Lipinski definition) is 2. The van der Waals surface area contributed by atoms with Crippen LogP contribution in [0.1, 0.15) is 28.4 Å². The number of halogens is 1. The van der Waals surface area contributed by atoms with Crippen molar-refractivity contribution >= 4 is 33.5 Å². The van der Waals surface area contributed by atoms with Crippen molar-refractivity contribution in [1.29, 1.82) is 0 Å². The maximum absolute atomic E-state index is 13.4. The molecule has 0 aliphatic carbocycles. The van der Waals surface area contributed by atoms with E-state index < -0.39 is 10.3 Å². The Morgan fingerprint density at radius 1 is 1.15 bits per heavy atom. The summed E-state index contributed by atoms with van der Waals surface area (Å²) < 4.78 is 24.4. The first kappa shape index (κ1) is 24.2. The summed E-state index contributed by atoms with van der Waals surface area (Å²) >= 11 is 6.52. The van der Waals surface area contributed by atoms with Crippen molar-refractivity contribution in [3.8, 4) is 0 Å². The summed E-state index contributed by atoms with van der Waals surface area (Å²) in [4.78, 5) is 17.2. The van der Waals surface area contributed by atoms with Gasteiger partial charge in [0, 0.05) is 47.9 Å². The molecule has 2 atom stereocenters. The third kappa shape index (κ3) is 5.58. The number of nitrogens with one attached hydrogen (secondary N) is 1. The highest BCUT2D eigenvalue weighted by Crippen LogP contribution is 2.28. The van der Waals surface area contributed by atoms with Gasteiger partial charge in [-0.05, 0) is 44.3 Å². The minimum absolute atomic E-state index is 0.121. The average molecular weight is 493 g/mol. The second-order valence-electron chi connectivity index (χ2n) is 9.03. The molecule has 1 amide bonds. The maximum atomic E-state index is 13.4. The van der Waals surface area contributed by atoms with Gasteiger partial charge in [-0.15, -0.1) is 0 Å². The molecule has 2 aliphatic heterocycles. The molecule has 4 rings (SSSR count). The van der Waals surface area contributed by atoms with E-state index in [2.05, 4.69) is 9.62 Å². The molecular formula is C24H33ClN4O3S. The largest absolute Gasteiger partial charge is 0.370 e. The molecule has 2 saturated heterocycles. The molecule has 0 unspecified atom stereocenters. The number of nitrogens with zero attached hydrogens (tertiary/aromatic N) is 3. The van der Waals surface area contributed by atoms with E-state index in [1.54, 1.807) is 29.4 Å². The van der Waals surface area contributed by atoms with Crippen molar-refractivity contribution in [2.24, 2.45) is 0 Å². The van der Waals surface area contributed by atoms with Crippen LogP contribution in [0.15, 0.2) is 48.5 Å². The summed E-state index contributed by atoms with van der Waals surface area (Å²) in [5, 5.41) is 0.348. The molecule has 180 valence electrons. The number of anilines is 1. The van der Waals surface area contributed by atoms with Crippen molar-refractivity contribution in [1.82, 2.24) is 14.1 Å². The highest BCUT2D eigenvalue weighted by molar-refractivity contribution is 8.01. The van der Waals surface area contributed by atoms with E-state index in [4.69, 9.17) is 16.3 Å². The maximum Gasteiger partial charge on any atom is 0.255 e. The summed E-state index contributed by atoms with van der Waals surface area (Å²) in [6.07, 6.45) is 2.58. The van der Waals surface area contributed by atoms with Crippen molar-refractivity contribution in [3.05, 3.63) is 64.7 Å². The molecule has 7 nitrogen and oxygen atoms in total. The monoisotopic (exact) mass is 492 g/mol. The zero-order chi connectivity index (χ0) is 23.6. The quantitative estimate of drug-likeness (QED) is 0.608. The predicted molar refractivity (Wildman–Crippen MR) is 135 cm³/mol. The van der Waals surface area contributed by atoms with Gasteiger partial charge in [-0.2, -0.15) is 0 Å². The van der Waals surface area contributed by atoms with Gasteiger partial charge in [0.2, 0.25) is 0 Å². The molecule has 9 heteroatoms. The summed E-state index contributed by atoms with van der Waals surface area (Å²) in [7, 11) is 1.32. The van der Waals surface area contributed by atoms with E-state index in [1.165, 1.54) is 0 Å². The topological polar surface area (TPSA) is 65.1 Å². The Labute approximate surface area is 202 Å². The smallest absolute Gasteiger partial charge is 0.255 e. The van der Waals surface area contributed by atoms with Gasteiger partial charge >= 0.3 is 0 Å². The lowest BCUT2D eigenvalue weighted by atomic mass is 10.1. The Bertz CT molecular complexity index is 1040. The Morgan fingerprint density at radius 2 is 1.91 bits per heavy atom. The van der Waals surface area contributed by atoms with Crippen LogP contribution in [0.25, 0.3) is 0 Å². The fourth-order valence-corrected chi connectivity index (χ4v) is 6.45. The van der Waals surface area contributed by atoms with Gasteiger partial charge in [0.25, 0.3) is 5.91 Å². The number of carbonyl (C=O) groups is 1. The first-order valence-electron chi connectivity index (χ1n) is 11.3. The van der Waals surface area contributed by atoms with Crippen LogP contribution in [-0.4, -0.2) is 83.4 Å². The lowest BCUT2D eigenvalue weighted by Gasteiger charge is -2.34. The highest BCUT2D eigenvalue weighted by Gasteiger charge is 2.31. The first-order valence-corrected chi connectivity index (χ1v) is 13.8. The third-order valence-electron chi connectivity index (χ3n) is 6.47. The molecule has 2 aromatic carbocycles. The molecule has 33 heavy (non-hydrogen) atoms. The van der Waals surface area contributed by atoms with Crippen molar-refractivity contribution < 1.29 is 13.7 Å². The SMILES string of the molecule is CN(C)[C@@H]1CCN([SH](C)(=O)Nc2ccc(C(=O)N3CCO[C@@H](c4ccccc4)C3)c(Cl)c2)C1. The number of carbonyl (C=O) groups excluding carboxylic acids is 1. The van der Waals surface area contributed by atoms with Gasteiger partial charge in [-0.25, -0.2) is 4.31 Å². The van der Waals surface area contributed by atoms with E-state index in [0.29, 0.717) is 42.0 Å². The summed E-state index contributed by atoms with van der Waals surface area (Å²) in [5.74, 6) is -0.121. The normalized spacial score (nSPS) is 22.5. The van der Waals surface area contributed by atoms with Gasteiger partial charge in [0.1, 0.15) is 6.10 Å². The molecule has 2 fully saturated rings. The van der Waals surface area contributed by atoms with E-state index in [1.807, 2.05) is 48.7 Å². The lowest BCUT2D eigenvalue weighted by Crippen LogP contribution is -2.42. The van der Waals surface area contributed by atoms with Crippen LogP contribution < -0.4 is 4.72 Å². The molecule has 0 aromatic heterocycles. The minimum atomic E-state index is -2.78. The Morgan fingerprint density at radius 3 is 2.58 bits per heavy atom. The van der Waals surface area contributed by atoms with E-state index in [-0.39, 0.29) is 12.0 Å². The number of morpholine rings is 1. The summed E-state index contributed by atoms with van der Waals surface area (Å²) in [5.41, 5.74) is 2.15. The van der Waals surface area contributed by atoms with Gasteiger partial charge in [0.05, 0.1) is 23.7 Å². The van der Waals surface area contributed by atoms with Gasteiger partial charge < -0.3 is 19.3 Å². The van der Waals surface area contributed by atoms with Gasteiger partial charge in [-0.1, -0.05) is 41.9 Å². The van der Waals surface area contributed by atoms with E-state index in [9.17, 15) is 9.00 Å². The molecule has 2 aliphatic rings. The number of ether oxygens (including phenoxy) is 1. The van der Waals surface area contributed by atoms with E-state index >= 15 is 0 Å². The van der Waals surface area contributed by atoms with Crippen LogP contribution in [-0.2, 0) is 15.0 Å². The number of hydrogen-bond acceptors (Lipinski definition) is 4. The van der Waals surface area contributed by atoms with Crippen LogP contribution in [0.2, 0.25) is 5.02 Å². The van der Waals surface area contributed by atoms with Crippen molar-refractivity contribution in [2.75, 3.05) is 57.9 Å². The van der Waals surface area contributed by atoms with Gasteiger partial charge in [0.15, 0.2) is 0 Å². The molecule has 0 saturated carbocycles. The van der Waals surface area contributed by atoms with Crippen molar-refractivity contribution in [3.63, 3.8) is 0 Å². The zero-order valence-electron chi connectivity index (χ0n) is 19.4. The second-order valence-corrected chi connectivity index (χ2v) is 12.0. The fraction of sp³-hybridized carbons (Fsp3) is 0.458. The number of amides is 1. The molecule has 1 N–H and O–H groups in total. The molecule has 2 aromatic rings. The fourth-order valence-electron chi connectivity index (χ4n) is 4.43. The molecule has 0 spiro atoms. The van der Waals surface area contributed by atoms with Crippen LogP contribution in [0.4, 0.5) is 5.69 Å². The third-order valence-corrected chi connectivity index (χ3v) is 8.90. The number of rotatable bonds is 6. The standard InChI is InChI=1S/C24H33ClN4O3S/c1-27(2)20-11-12-29(16-20)33(3,31)26-19-9-10-21(22(25)15-19)24(30)28-13-14-32-23(17-28)18-7-5-4-6-8-18/h4-10,15,20,23,33H,11-14,16-17H2,1-3H3,(H,26,31)/t20-,23-/m1/s1. The summed E-state index contributed by atoms with van der Waals surface area (Å²) in [6.45, 7) is 3.02. The first-order chi connectivity index (χ1) is 15.7. The molecule has 0 radical (unpaired) electrons. The molecule has 0 bridgehead atoms. The zero-order valence-corrected chi connectivity index (χ0v) is 21.1. The Balaban J connectivity index is 1.43. The van der Waals surface area contributed by atoms with Crippen molar-refractivity contribution in [2.45, 2.75) is 18.6 Å². The highest BCUT2D eigenvalue weighted by atomic mass is 35.5. The van der Waals surface area contributed by atoms with Crippen LogP contribution >= 0.6 is 11.6 Å². The Hall–Kier alpha value is -1.97. The number of likely N-dealkylation sites (N-methyl/N-ethyl adjacent to an activating group) is 1. The van der Waals surface area contributed by atoms with E-state index in [0.717, 1.165) is 25.1 Å². The number of benzene rings is 2. The number of thiol groups is 1. The molecular weight excluding hydrogens is 460 g/mol. The Kier molecular flexibility index (Phi) is 7.40. The van der Waals surface area contributed by atoms with Crippen LogP contribution in [0.3, 0.4) is 0 Å². The lowest BCUT2D eigenvalue weighted by molar-refractivity contribution is -0.0228. The minimum Gasteiger partial charge on any atom is -0.370 e. The molecule has 2 heterocycles. The second kappa shape index (κ2) is 10.1.